The van der Waals surface area contributed by atoms with Crippen LogP contribution in [0.2, 0.25) is 0 Å². The van der Waals surface area contributed by atoms with Crippen molar-refractivity contribution in [3.8, 4) is 5.75 Å². The highest BCUT2D eigenvalue weighted by Gasteiger charge is 2.43. The number of aryl methyl sites for hydroxylation is 1. The quantitative estimate of drug-likeness (QED) is 0.287. The minimum absolute atomic E-state index is 0.0144. The van der Waals surface area contributed by atoms with Crippen LogP contribution in [-0.2, 0) is 0 Å². The number of hydrogen-bond donors (Lipinski definition) is 0. The topological polar surface area (TPSA) is 59.8 Å². The van der Waals surface area contributed by atoms with Gasteiger partial charge in [0.1, 0.15) is 17.1 Å². The number of carbonyl (C=O) groups excluding carboxylic acids is 1. The highest BCUT2D eigenvalue weighted by atomic mass is 19.1. The van der Waals surface area contributed by atoms with Crippen molar-refractivity contribution in [3.05, 3.63) is 105 Å². The summed E-state index contributed by atoms with van der Waals surface area (Å²) in [6.45, 7) is 4.68. The third-order valence-corrected chi connectivity index (χ3v) is 6.34. The van der Waals surface area contributed by atoms with E-state index in [4.69, 9.17) is 9.15 Å². The van der Waals surface area contributed by atoms with Gasteiger partial charge in [-0.15, -0.1) is 0 Å². The summed E-state index contributed by atoms with van der Waals surface area (Å²) in [6.07, 6.45) is 3.21. The molecule has 0 radical (unpaired) electrons. The van der Waals surface area contributed by atoms with Crippen molar-refractivity contribution < 1.29 is 18.3 Å². The van der Waals surface area contributed by atoms with Crippen molar-refractivity contribution in [1.29, 1.82) is 0 Å². The summed E-state index contributed by atoms with van der Waals surface area (Å²) in [7, 11) is 0. The van der Waals surface area contributed by atoms with Crippen molar-refractivity contribution in [2.45, 2.75) is 39.2 Å². The highest BCUT2D eigenvalue weighted by Crippen LogP contribution is 2.41. The smallest absolute Gasteiger partial charge is 0.295 e. The zero-order chi connectivity index (χ0) is 24.5. The second-order valence-electron chi connectivity index (χ2n) is 8.85. The Morgan fingerprint density at radius 3 is 2.43 bits per heavy atom. The number of carbonyl (C=O) groups is 1. The molecule has 0 saturated carbocycles. The summed E-state index contributed by atoms with van der Waals surface area (Å²) in [5.41, 5.74) is 2.55. The Balaban J connectivity index is 1.62. The summed E-state index contributed by atoms with van der Waals surface area (Å²) in [5, 5.41) is 0.429. The standard InChI is InChI=1S/C29H26FNO4/c1-3-4-5-16-34-22-13-7-19(8-14-22)26-25-27(32)23-17-18(2)6-15-24(23)35-28(25)29(33)31(26)21-11-9-20(30)10-12-21/h6-15,17,26H,3-5,16H2,1-2H3. The van der Waals surface area contributed by atoms with Crippen LogP contribution < -0.4 is 15.1 Å². The minimum atomic E-state index is -0.710. The molecule has 0 aliphatic carbocycles. The first-order chi connectivity index (χ1) is 17.0. The second-order valence-corrected chi connectivity index (χ2v) is 8.85. The summed E-state index contributed by atoms with van der Waals surface area (Å²) in [4.78, 5) is 28.8. The summed E-state index contributed by atoms with van der Waals surface area (Å²) >= 11 is 0. The third kappa shape index (κ3) is 4.20. The Morgan fingerprint density at radius 2 is 1.71 bits per heavy atom. The maximum absolute atomic E-state index is 13.7. The fourth-order valence-corrected chi connectivity index (χ4v) is 4.56. The Labute approximate surface area is 202 Å². The molecule has 1 aromatic heterocycles. The van der Waals surface area contributed by atoms with Gasteiger partial charge in [-0.2, -0.15) is 0 Å². The molecule has 6 heteroatoms. The molecule has 1 aliphatic rings. The normalized spacial score (nSPS) is 15.0. The zero-order valence-electron chi connectivity index (χ0n) is 19.7. The number of unbranched alkanes of at least 4 members (excludes halogenated alkanes) is 2. The van der Waals surface area contributed by atoms with E-state index >= 15 is 0 Å². The van der Waals surface area contributed by atoms with Crippen LogP contribution in [0.4, 0.5) is 10.1 Å². The summed E-state index contributed by atoms with van der Waals surface area (Å²) in [5.74, 6) is -0.102. The predicted molar refractivity (Wildman–Crippen MR) is 134 cm³/mol. The van der Waals surface area contributed by atoms with Gasteiger partial charge >= 0.3 is 0 Å². The second kappa shape index (κ2) is 9.37. The molecular weight excluding hydrogens is 445 g/mol. The molecule has 1 aliphatic heterocycles. The van der Waals surface area contributed by atoms with Crippen LogP contribution in [0.25, 0.3) is 11.0 Å². The average Bonchev–Trinajstić information content (AvgIpc) is 3.16. The van der Waals surface area contributed by atoms with E-state index in [1.165, 1.54) is 29.2 Å². The van der Waals surface area contributed by atoms with E-state index < -0.39 is 17.8 Å². The molecule has 3 aromatic carbocycles. The molecule has 0 bridgehead atoms. The predicted octanol–water partition coefficient (Wildman–Crippen LogP) is 6.56. The Kier molecular flexibility index (Phi) is 6.12. The number of nitrogens with zero attached hydrogens (tertiary/aromatic N) is 1. The molecule has 0 N–H and O–H groups in total. The average molecular weight is 472 g/mol. The molecule has 2 heterocycles. The van der Waals surface area contributed by atoms with E-state index in [1.54, 1.807) is 12.1 Å². The van der Waals surface area contributed by atoms with Crippen molar-refractivity contribution in [1.82, 2.24) is 0 Å². The van der Waals surface area contributed by atoms with Crippen LogP contribution >= 0.6 is 0 Å². The van der Waals surface area contributed by atoms with E-state index in [9.17, 15) is 14.0 Å². The third-order valence-electron chi connectivity index (χ3n) is 6.34. The Hall–Kier alpha value is -3.93. The minimum Gasteiger partial charge on any atom is -0.494 e. The van der Waals surface area contributed by atoms with Crippen LogP contribution in [0.1, 0.15) is 59.5 Å². The Bertz CT molecular complexity index is 1440. The molecule has 0 saturated heterocycles. The van der Waals surface area contributed by atoms with Crippen molar-refractivity contribution in [3.63, 3.8) is 0 Å². The van der Waals surface area contributed by atoms with E-state index in [2.05, 4.69) is 6.92 Å². The summed E-state index contributed by atoms with van der Waals surface area (Å²) in [6, 6.07) is 17.7. The first-order valence-corrected chi connectivity index (χ1v) is 11.9. The van der Waals surface area contributed by atoms with Gasteiger partial charge in [-0.1, -0.05) is 43.5 Å². The molecule has 1 amide bonds. The highest BCUT2D eigenvalue weighted by molar-refractivity contribution is 6.10. The van der Waals surface area contributed by atoms with Gasteiger partial charge in [0.15, 0.2) is 5.43 Å². The molecule has 35 heavy (non-hydrogen) atoms. The van der Waals surface area contributed by atoms with Crippen LogP contribution in [0.3, 0.4) is 0 Å². The lowest BCUT2D eigenvalue weighted by Gasteiger charge is -2.25. The number of fused-ring (bicyclic) bond motifs is 2. The van der Waals surface area contributed by atoms with Gasteiger partial charge in [-0.25, -0.2) is 4.39 Å². The van der Waals surface area contributed by atoms with E-state index in [0.717, 1.165) is 36.1 Å². The molecule has 5 rings (SSSR count). The first-order valence-electron chi connectivity index (χ1n) is 11.9. The summed E-state index contributed by atoms with van der Waals surface area (Å²) < 4.78 is 25.5. The lowest BCUT2D eigenvalue weighted by atomic mass is 9.98. The molecule has 0 fully saturated rings. The number of halogens is 1. The SMILES string of the molecule is CCCCCOc1ccc(C2c3c(oc4ccc(C)cc4c3=O)C(=O)N2c2ccc(F)cc2)cc1. The molecular formula is C29H26FNO4. The molecule has 178 valence electrons. The van der Waals surface area contributed by atoms with Gasteiger partial charge in [0.05, 0.1) is 23.6 Å². The van der Waals surface area contributed by atoms with Crippen molar-refractivity contribution in [2.75, 3.05) is 11.5 Å². The molecule has 4 aromatic rings. The van der Waals surface area contributed by atoms with Gasteiger partial charge in [0, 0.05) is 5.69 Å². The monoisotopic (exact) mass is 471 g/mol. The Morgan fingerprint density at radius 1 is 0.971 bits per heavy atom. The van der Waals surface area contributed by atoms with Gasteiger partial charge in [0.2, 0.25) is 5.76 Å². The van der Waals surface area contributed by atoms with Crippen LogP contribution in [0.15, 0.2) is 75.9 Å². The van der Waals surface area contributed by atoms with Gasteiger partial charge in [-0.3, -0.25) is 14.5 Å². The lowest BCUT2D eigenvalue weighted by Crippen LogP contribution is -2.29. The van der Waals surface area contributed by atoms with E-state index in [1.807, 2.05) is 37.3 Å². The van der Waals surface area contributed by atoms with Crippen molar-refractivity contribution >= 4 is 22.6 Å². The first kappa shape index (κ1) is 22.8. The molecule has 1 unspecified atom stereocenters. The molecule has 0 spiro atoms. The zero-order valence-corrected chi connectivity index (χ0v) is 19.7. The van der Waals surface area contributed by atoms with Gasteiger partial charge in [0.25, 0.3) is 5.91 Å². The van der Waals surface area contributed by atoms with Gasteiger partial charge < -0.3 is 9.15 Å². The number of ether oxygens (including phenoxy) is 1. The number of benzene rings is 3. The number of hydrogen-bond acceptors (Lipinski definition) is 4. The van der Waals surface area contributed by atoms with E-state index in [-0.39, 0.29) is 16.8 Å². The number of rotatable bonds is 7. The van der Waals surface area contributed by atoms with Gasteiger partial charge in [-0.05, 0) is 67.4 Å². The van der Waals surface area contributed by atoms with Crippen LogP contribution in [0.5, 0.6) is 5.75 Å². The van der Waals surface area contributed by atoms with E-state index in [0.29, 0.717) is 23.3 Å². The lowest BCUT2D eigenvalue weighted by molar-refractivity contribution is 0.0971. The molecule has 1 atom stereocenters. The number of anilines is 1. The maximum atomic E-state index is 13.7. The fraction of sp³-hybridized carbons (Fsp3) is 0.241. The largest absolute Gasteiger partial charge is 0.494 e. The maximum Gasteiger partial charge on any atom is 0.295 e. The number of amides is 1. The fourth-order valence-electron chi connectivity index (χ4n) is 4.56. The van der Waals surface area contributed by atoms with Crippen LogP contribution in [0, 0.1) is 12.7 Å². The van der Waals surface area contributed by atoms with Crippen molar-refractivity contribution in [2.24, 2.45) is 0 Å². The van der Waals surface area contributed by atoms with Crippen LogP contribution in [-0.4, -0.2) is 12.5 Å². The molecule has 5 nitrogen and oxygen atoms in total.